The number of anilines is 1. The number of hydrogen-bond donors (Lipinski definition) is 0. The number of aromatic nitrogens is 3. The summed E-state index contributed by atoms with van der Waals surface area (Å²) in [6.07, 6.45) is 1.71. The zero-order chi connectivity index (χ0) is 20.4. The zero-order valence-corrected chi connectivity index (χ0v) is 17.4. The Bertz CT molecular complexity index is 1100. The molecule has 0 unspecified atom stereocenters. The predicted octanol–water partition coefficient (Wildman–Crippen LogP) is 3.01. The summed E-state index contributed by atoms with van der Waals surface area (Å²) in [6.45, 7) is 3.55. The minimum absolute atomic E-state index is 0.262. The van der Waals surface area contributed by atoms with Crippen molar-refractivity contribution in [2.24, 2.45) is 0 Å². The van der Waals surface area contributed by atoms with Crippen LogP contribution in [-0.4, -0.2) is 54.1 Å². The van der Waals surface area contributed by atoms with Crippen LogP contribution in [0.5, 0.6) is 0 Å². The first-order valence-corrected chi connectivity index (χ1v) is 11.0. The molecule has 0 spiro atoms. The maximum Gasteiger partial charge on any atom is 0.243 e. The Morgan fingerprint density at radius 1 is 0.897 bits per heavy atom. The highest BCUT2D eigenvalue weighted by Gasteiger charge is 2.30. The average Bonchev–Trinajstić information content (AvgIpc) is 2.76. The fraction of sp³-hybridized carbons (Fsp3) is 0.250. The van der Waals surface area contributed by atoms with Crippen LogP contribution in [0.3, 0.4) is 0 Å². The van der Waals surface area contributed by atoms with Gasteiger partial charge in [-0.3, -0.25) is 4.98 Å². The van der Waals surface area contributed by atoms with E-state index in [0.717, 1.165) is 11.5 Å². The summed E-state index contributed by atoms with van der Waals surface area (Å²) in [4.78, 5) is 6.57. The van der Waals surface area contributed by atoms with E-state index in [-0.39, 0.29) is 4.90 Å². The lowest BCUT2D eigenvalue weighted by Gasteiger charge is -2.34. The van der Waals surface area contributed by atoms with Crippen LogP contribution in [0.2, 0.25) is 5.02 Å². The first-order chi connectivity index (χ1) is 14.0. The van der Waals surface area contributed by atoms with Gasteiger partial charge in [-0.15, -0.1) is 10.2 Å². The van der Waals surface area contributed by atoms with Crippen molar-refractivity contribution in [3.05, 3.63) is 65.3 Å². The molecule has 0 amide bonds. The number of sulfonamides is 1. The van der Waals surface area contributed by atoms with Crippen LogP contribution in [0, 0.1) is 6.92 Å². The van der Waals surface area contributed by atoms with Crippen LogP contribution in [0.15, 0.2) is 59.6 Å². The fourth-order valence-electron chi connectivity index (χ4n) is 3.31. The van der Waals surface area contributed by atoms with Gasteiger partial charge in [-0.1, -0.05) is 23.7 Å². The molecule has 9 heteroatoms. The Morgan fingerprint density at radius 3 is 2.34 bits per heavy atom. The van der Waals surface area contributed by atoms with Crippen LogP contribution in [0.4, 0.5) is 5.82 Å². The lowest BCUT2D eigenvalue weighted by atomic mass is 10.2. The molecule has 3 aromatic rings. The summed E-state index contributed by atoms with van der Waals surface area (Å²) in [7, 11) is -3.59. The molecule has 1 aliphatic rings. The van der Waals surface area contributed by atoms with E-state index >= 15 is 0 Å². The molecular weight excluding hydrogens is 410 g/mol. The second-order valence-corrected chi connectivity index (χ2v) is 9.06. The lowest BCUT2D eigenvalue weighted by Crippen LogP contribution is -2.49. The Kier molecular flexibility index (Phi) is 5.49. The minimum atomic E-state index is -3.59. The maximum absolute atomic E-state index is 13.0. The maximum atomic E-state index is 13.0. The average molecular weight is 430 g/mol. The van der Waals surface area contributed by atoms with Gasteiger partial charge in [-0.25, -0.2) is 8.42 Å². The van der Waals surface area contributed by atoms with E-state index < -0.39 is 10.0 Å². The number of rotatable bonds is 4. The van der Waals surface area contributed by atoms with Gasteiger partial charge in [0.15, 0.2) is 5.82 Å². The van der Waals surface area contributed by atoms with Gasteiger partial charge in [0.05, 0.1) is 10.6 Å². The molecule has 1 aliphatic heterocycles. The van der Waals surface area contributed by atoms with Crippen molar-refractivity contribution < 1.29 is 8.42 Å². The van der Waals surface area contributed by atoms with Crippen molar-refractivity contribution in [1.29, 1.82) is 0 Å². The molecule has 1 fully saturated rings. The molecule has 4 rings (SSSR count). The van der Waals surface area contributed by atoms with Gasteiger partial charge in [0.2, 0.25) is 10.0 Å². The molecule has 150 valence electrons. The highest BCUT2D eigenvalue weighted by molar-refractivity contribution is 7.89. The first-order valence-electron chi connectivity index (χ1n) is 9.22. The summed E-state index contributed by atoms with van der Waals surface area (Å²) < 4.78 is 27.5. The molecule has 0 aliphatic carbocycles. The van der Waals surface area contributed by atoms with Gasteiger partial charge in [0.1, 0.15) is 5.69 Å². The second-order valence-electron chi connectivity index (χ2n) is 6.75. The molecule has 3 heterocycles. The van der Waals surface area contributed by atoms with Gasteiger partial charge < -0.3 is 4.90 Å². The summed E-state index contributed by atoms with van der Waals surface area (Å²) in [5.41, 5.74) is 2.04. The Balaban J connectivity index is 1.46. The van der Waals surface area contributed by atoms with E-state index in [4.69, 9.17) is 11.6 Å². The molecule has 1 saturated heterocycles. The third kappa shape index (κ3) is 3.96. The third-order valence-corrected chi connectivity index (χ3v) is 7.43. The summed E-state index contributed by atoms with van der Waals surface area (Å²) in [5.74, 6) is 0.723. The molecule has 29 heavy (non-hydrogen) atoms. The summed E-state index contributed by atoms with van der Waals surface area (Å²) in [5, 5.41) is 9.01. The first kappa shape index (κ1) is 19.8. The molecule has 0 saturated carbocycles. The van der Waals surface area contributed by atoms with Crippen LogP contribution >= 0.6 is 11.6 Å². The van der Waals surface area contributed by atoms with E-state index in [2.05, 4.69) is 15.2 Å². The SMILES string of the molecule is Cc1c(Cl)cccc1S(=O)(=O)N1CCN(c2ccc(-c3ccccn3)nn2)CC1. The smallest absolute Gasteiger partial charge is 0.243 e. The number of benzene rings is 1. The number of pyridine rings is 1. The second kappa shape index (κ2) is 8.06. The van der Waals surface area contributed by atoms with Crippen molar-refractivity contribution in [2.75, 3.05) is 31.1 Å². The van der Waals surface area contributed by atoms with E-state index in [9.17, 15) is 8.42 Å². The van der Waals surface area contributed by atoms with Crippen molar-refractivity contribution in [3.63, 3.8) is 0 Å². The summed E-state index contributed by atoms with van der Waals surface area (Å²) in [6, 6.07) is 14.4. The highest BCUT2D eigenvalue weighted by Crippen LogP contribution is 2.27. The van der Waals surface area contributed by atoms with Crippen molar-refractivity contribution in [2.45, 2.75) is 11.8 Å². The van der Waals surface area contributed by atoms with Crippen LogP contribution in [-0.2, 0) is 10.0 Å². The van der Waals surface area contributed by atoms with E-state index in [0.29, 0.717) is 42.5 Å². The Hall–Kier alpha value is -2.55. The van der Waals surface area contributed by atoms with E-state index in [1.807, 2.05) is 35.2 Å². The van der Waals surface area contributed by atoms with Gasteiger partial charge in [-0.05, 0) is 48.9 Å². The number of piperazine rings is 1. The van der Waals surface area contributed by atoms with Gasteiger partial charge in [0, 0.05) is 37.4 Å². The Labute approximate surface area is 175 Å². The molecule has 1 aromatic carbocycles. The normalized spacial score (nSPS) is 15.4. The van der Waals surface area contributed by atoms with E-state index in [1.165, 1.54) is 4.31 Å². The Morgan fingerprint density at radius 2 is 1.69 bits per heavy atom. The molecule has 0 radical (unpaired) electrons. The minimum Gasteiger partial charge on any atom is -0.352 e. The quantitative estimate of drug-likeness (QED) is 0.634. The number of halogens is 1. The fourth-order valence-corrected chi connectivity index (χ4v) is 5.21. The van der Waals surface area contributed by atoms with Gasteiger partial charge >= 0.3 is 0 Å². The largest absolute Gasteiger partial charge is 0.352 e. The topological polar surface area (TPSA) is 79.3 Å². The van der Waals surface area contributed by atoms with Crippen molar-refractivity contribution >= 4 is 27.4 Å². The molecule has 7 nitrogen and oxygen atoms in total. The van der Waals surface area contributed by atoms with E-state index in [1.54, 1.807) is 31.3 Å². The number of nitrogens with zero attached hydrogens (tertiary/aromatic N) is 5. The van der Waals surface area contributed by atoms with Gasteiger partial charge in [-0.2, -0.15) is 4.31 Å². The molecule has 0 atom stereocenters. The van der Waals surface area contributed by atoms with Crippen LogP contribution in [0.1, 0.15) is 5.56 Å². The monoisotopic (exact) mass is 429 g/mol. The van der Waals surface area contributed by atoms with Crippen molar-refractivity contribution in [1.82, 2.24) is 19.5 Å². The number of hydrogen-bond acceptors (Lipinski definition) is 6. The molecule has 0 bridgehead atoms. The third-order valence-electron chi connectivity index (χ3n) is 4.98. The molecule has 0 N–H and O–H groups in total. The van der Waals surface area contributed by atoms with Crippen LogP contribution in [0.25, 0.3) is 11.4 Å². The standard InChI is InChI=1S/C20H20ClN5O2S/c1-15-16(21)5-4-7-19(15)29(27,28)26-13-11-25(12-14-26)20-9-8-18(23-24-20)17-6-2-3-10-22-17/h2-10H,11-14H2,1H3. The van der Waals surface area contributed by atoms with Crippen LogP contribution < -0.4 is 4.90 Å². The molecule has 2 aromatic heterocycles. The van der Waals surface area contributed by atoms with Crippen molar-refractivity contribution in [3.8, 4) is 11.4 Å². The zero-order valence-electron chi connectivity index (χ0n) is 15.9. The molecular formula is C20H20ClN5O2S. The highest BCUT2D eigenvalue weighted by atomic mass is 35.5. The summed E-state index contributed by atoms with van der Waals surface area (Å²) >= 11 is 6.11. The lowest BCUT2D eigenvalue weighted by molar-refractivity contribution is 0.383. The van der Waals surface area contributed by atoms with Gasteiger partial charge in [0.25, 0.3) is 0 Å². The predicted molar refractivity (Wildman–Crippen MR) is 112 cm³/mol.